The molecule has 102 valence electrons. The van der Waals surface area contributed by atoms with Crippen molar-refractivity contribution in [3.63, 3.8) is 0 Å². The zero-order valence-electron chi connectivity index (χ0n) is 10.9. The minimum absolute atomic E-state index is 0.0594. The van der Waals surface area contributed by atoms with Crippen LogP contribution in [-0.2, 0) is 6.54 Å². The van der Waals surface area contributed by atoms with E-state index in [1.54, 1.807) is 17.0 Å². The molecular weight excluding hydrogens is 243 g/mol. The number of rotatable bonds is 2. The molecule has 1 aliphatic heterocycles. The number of amides is 2. The predicted molar refractivity (Wildman–Crippen MR) is 73.2 cm³/mol. The molecule has 1 heterocycles. The highest BCUT2D eigenvalue weighted by Crippen LogP contribution is 2.09. The molecule has 19 heavy (non-hydrogen) atoms. The highest BCUT2D eigenvalue weighted by Gasteiger charge is 2.13. The molecule has 0 bridgehead atoms. The van der Waals surface area contributed by atoms with Crippen molar-refractivity contribution in [3.05, 3.63) is 47.8 Å². The second-order valence-electron chi connectivity index (χ2n) is 4.70. The van der Waals surface area contributed by atoms with Crippen molar-refractivity contribution in [2.45, 2.75) is 25.8 Å². The van der Waals surface area contributed by atoms with E-state index in [0.29, 0.717) is 13.1 Å². The number of urea groups is 1. The molecule has 1 aromatic rings. The van der Waals surface area contributed by atoms with Crippen molar-refractivity contribution in [1.82, 2.24) is 10.2 Å². The lowest BCUT2D eigenvalue weighted by Gasteiger charge is -2.23. The molecule has 0 aliphatic carbocycles. The number of nitrogens with one attached hydrogen (secondary N) is 1. The molecule has 0 aromatic heterocycles. The number of carbonyl (C=O) groups is 1. The van der Waals surface area contributed by atoms with Gasteiger partial charge in [0, 0.05) is 19.6 Å². The first kappa shape index (κ1) is 13.6. The summed E-state index contributed by atoms with van der Waals surface area (Å²) < 4.78 is 12.9. The predicted octanol–water partition coefficient (Wildman–Crippen LogP) is 3.08. The van der Waals surface area contributed by atoms with Crippen LogP contribution in [0.25, 0.3) is 0 Å². The van der Waals surface area contributed by atoms with Gasteiger partial charge in [0.05, 0.1) is 0 Å². The van der Waals surface area contributed by atoms with Crippen LogP contribution in [0, 0.1) is 5.82 Å². The second-order valence-corrected chi connectivity index (χ2v) is 4.70. The molecule has 0 radical (unpaired) electrons. The van der Waals surface area contributed by atoms with Crippen LogP contribution in [-0.4, -0.2) is 24.0 Å². The van der Waals surface area contributed by atoms with Gasteiger partial charge in [-0.15, -0.1) is 0 Å². The lowest BCUT2D eigenvalue weighted by molar-refractivity contribution is 0.195. The Morgan fingerprint density at radius 3 is 2.74 bits per heavy atom. The number of halogens is 1. The Kier molecular flexibility index (Phi) is 4.95. The van der Waals surface area contributed by atoms with E-state index in [1.807, 2.05) is 6.08 Å². The summed E-state index contributed by atoms with van der Waals surface area (Å²) in [4.78, 5) is 13.8. The Labute approximate surface area is 113 Å². The van der Waals surface area contributed by atoms with E-state index in [0.717, 1.165) is 31.4 Å². The van der Waals surface area contributed by atoms with E-state index < -0.39 is 0 Å². The molecule has 0 saturated heterocycles. The third kappa shape index (κ3) is 4.39. The highest BCUT2D eigenvalue weighted by atomic mass is 19.1. The van der Waals surface area contributed by atoms with Crippen LogP contribution in [0.1, 0.15) is 24.8 Å². The van der Waals surface area contributed by atoms with Gasteiger partial charge in [0.2, 0.25) is 0 Å². The van der Waals surface area contributed by atoms with Crippen molar-refractivity contribution < 1.29 is 9.18 Å². The summed E-state index contributed by atoms with van der Waals surface area (Å²) in [5.74, 6) is -0.251. The number of allylic oxidation sites excluding steroid dienone is 1. The zero-order chi connectivity index (χ0) is 13.5. The molecule has 1 N–H and O–H groups in total. The molecule has 0 atom stereocenters. The van der Waals surface area contributed by atoms with E-state index in [1.165, 1.54) is 12.1 Å². The second kappa shape index (κ2) is 6.92. The van der Waals surface area contributed by atoms with Crippen molar-refractivity contribution in [2.75, 3.05) is 13.1 Å². The number of nitrogens with zero attached hydrogens (tertiary/aromatic N) is 1. The number of hydrogen-bond donors (Lipinski definition) is 1. The summed E-state index contributed by atoms with van der Waals surface area (Å²) in [6, 6.07) is 6.24. The maximum Gasteiger partial charge on any atom is 0.317 e. The van der Waals surface area contributed by atoms with E-state index in [4.69, 9.17) is 0 Å². The molecule has 4 heteroatoms. The summed E-state index contributed by atoms with van der Waals surface area (Å²) in [5, 5.41) is 2.86. The van der Waals surface area contributed by atoms with Crippen molar-refractivity contribution in [3.8, 4) is 0 Å². The fourth-order valence-electron chi connectivity index (χ4n) is 2.09. The van der Waals surface area contributed by atoms with Gasteiger partial charge in [0.1, 0.15) is 5.82 Å². The van der Waals surface area contributed by atoms with Gasteiger partial charge >= 0.3 is 6.03 Å². The quantitative estimate of drug-likeness (QED) is 0.816. The van der Waals surface area contributed by atoms with Crippen LogP contribution in [0.2, 0.25) is 0 Å². The standard InChI is InChI=1S/C15H19FN2O/c16-14-8-6-13(7-9-14)12-18-11-5-3-1-2-4-10-17-15(18)19/h2,4,6-9H,1,3,5,10-12H2,(H,17,19)/b4-2-. The van der Waals surface area contributed by atoms with E-state index in [-0.39, 0.29) is 11.8 Å². The fraction of sp³-hybridized carbons (Fsp3) is 0.400. The first-order valence-corrected chi connectivity index (χ1v) is 6.68. The summed E-state index contributed by atoms with van der Waals surface area (Å²) in [7, 11) is 0. The molecule has 0 unspecified atom stereocenters. The van der Waals surface area contributed by atoms with Gasteiger partial charge in [0.25, 0.3) is 0 Å². The molecule has 2 rings (SSSR count). The number of benzene rings is 1. The van der Waals surface area contributed by atoms with Gasteiger partial charge in [-0.2, -0.15) is 0 Å². The average Bonchev–Trinajstić information content (AvgIpc) is 2.42. The van der Waals surface area contributed by atoms with E-state index in [9.17, 15) is 9.18 Å². The van der Waals surface area contributed by atoms with Gasteiger partial charge in [-0.05, 0) is 37.0 Å². The molecule has 1 aromatic carbocycles. The van der Waals surface area contributed by atoms with E-state index >= 15 is 0 Å². The van der Waals surface area contributed by atoms with E-state index in [2.05, 4.69) is 11.4 Å². The molecule has 0 spiro atoms. The third-order valence-corrected chi connectivity index (χ3v) is 3.16. The minimum atomic E-state index is -0.251. The molecule has 0 fully saturated rings. The zero-order valence-corrected chi connectivity index (χ0v) is 10.9. The Morgan fingerprint density at radius 2 is 1.95 bits per heavy atom. The summed E-state index contributed by atoms with van der Waals surface area (Å²) >= 11 is 0. The lowest BCUT2D eigenvalue weighted by atomic mass is 10.2. The molecule has 1 aliphatic rings. The molecule has 0 saturated carbocycles. The maximum atomic E-state index is 12.9. The van der Waals surface area contributed by atoms with Crippen molar-refractivity contribution in [2.24, 2.45) is 0 Å². The first-order chi connectivity index (χ1) is 9.25. The van der Waals surface area contributed by atoms with Crippen LogP contribution in [0.3, 0.4) is 0 Å². The third-order valence-electron chi connectivity index (χ3n) is 3.16. The first-order valence-electron chi connectivity index (χ1n) is 6.68. The minimum Gasteiger partial charge on any atom is -0.335 e. The smallest absolute Gasteiger partial charge is 0.317 e. The summed E-state index contributed by atoms with van der Waals surface area (Å²) in [5.41, 5.74) is 0.948. The van der Waals surface area contributed by atoms with Crippen LogP contribution >= 0.6 is 0 Å². The average molecular weight is 262 g/mol. The lowest BCUT2D eigenvalue weighted by Crippen LogP contribution is -2.40. The monoisotopic (exact) mass is 262 g/mol. The number of hydrogen-bond acceptors (Lipinski definition) is 1. The van der Waals surface area contributed by atoms with Crippen LogP contribution in [0.4, 0.5) is 9.18 Å². The highest BCUT2D eigenvalue weighted by molar-refractivity contribution is 5.74. The normalized spacial score (nSPS) is 18.8. The largest absolute Gasteiger partial charge is 0.335 e. The van der Waals surface area contributed by atoms with Crippen molar-refractivity contribution >= 4 is 6.03 Å². The summed E-state index contributed by atoms with van der Waals surface area (Å²) in [6.45, 7) is 1.83. The van der Waals surface area contributed by atoms with Crippen LogP contribution in [0.15, 0.2) is 36.4 Å². The Bertz CT molecular complexity index is 442. The maximum absolute atomic E-state index is 12.9. The summed E-state index contributed by atoms with van der Waals surface area (Å²) in [6.07, 6.45) is 7.22. The molecule has 3 nitrogen and oxygen atoms in total. The fourth-order valence-corrected chi connectivity index (χ4v) is 2.09. The Balaban J connectivity index is 2.00. The molecular formula is C15H19FN2O. The van der Waals surface area contributed by atoms with Crippen LogP contribution in [0.5, 0.6) is 0 Å². The Morgan fingerprint density at radius 1 is 1.16 bits per heavy atom. The van der Waals surface area contributed by atoms with Crippen LogP contribution < -0.4 is 5.32 Å². The van der Waals surface area contributed by atoms with Gasteiger partial charge in [-0.25, -0.2) is 9.18 Å². The molecule has 2 amide bonds. The van der Waals surface area contributed by atoms with Gasteiger partial charge in [0.15, 0.2) is 0 Å². The SMILES string of the molecule is O=C1NC/C=C\CCCCN1Cc1ccc(F)cc1. The number of carbonyl (C=O) groups excluding carboxylic acids is 1. The van der Waals surface area contributed by atoms with Gasteiger partial charge < -0.3 is 10.2 Å². The van der Waals surface area contributed by atoms with Crippen molar-refractivity contribution in [1.29, 1.82) is 0 Å². The Hall–Kier alpha value is -1.84. The van der Waals surface area contributed by atoms with Gasteiger partial charge in [-0.3, -0.25) is 0 Å². The van der Waals surface area contributed by atoms with Gasteiger partial charge in [-0.1, -0.05) is 24.3 Å². The topological polar surface area (TPSA) is 32.3 Å².